The number of nitrogens with zero attached hydrogens (tertiary/aromatic N) is 2. The molecular formula is C19H28FeN2Si. The summed E-state index contributed by atoms with van der Waals surface area (Å²) in [4.78, 5) is 9.10. The van der Waals surface area contributed by atoms with Gasteiger partial charge in [0.05, 0.1) is 11.7 Å². The number of aromatic nitrogens is 1. The molecule has 0 radical (unpaired) electrons. The molecule has 0 aliphatic heterocycles. The van der Waals surface area contributed by atoms with Crippen LogP contribution in [0.3, 0.4) is 0 Å². The molecule has 0 N–H and O–H groups in total. The molecular weight excluding hydrogens is 340 g/mol. The van der Waals surface area contributed by atoms with E-state index in [1.165, 1.54) is 5.56 Å². The molecule has 2 rings (SSSR count). The average Bonchev–Trinajstić information content (AvgIpc) is 2.44. The molecule has 2 nitrogen and oxygen atoms in total. The summed E-state index contributed by atoms with van der Waals surface area (Å²) in [5.74, 6) is 0. The number of benzene rings is 1. The predicted molar refractivity (Wildman–Crippen MR) is 102 cm³/mol. The number of hydrogen-bond acceptors (Lipinski definition) is 2. The molecule has 23 heavy (non-hydrogen) atoms. The van der Waals surface area contributed by atoms with Crippen LogP contribution in [-0.2, 0) is 17.1 Å². The van der Waals surface area contributed by atoms with E-state index in [2.05, 4.69) is 55.0 Å². The summed E-state index contributed by atoms with van der Waals surface area (Å²) < 4.78 is 0. The molecule has 0 spiro atoms. The van der Waals surface area contributed by atoms with Gasteiger partial charge in [0, 0.05) is 20.5 Å². The van der Waals surface area contributed by atoms with E-state index in [4.69, 9.17) is 4.99 Å². The van der Waals surface area contributed by atoms with E-state index in [0.29, 0.717) is 0 Å². The van der Waals surface area contributed by atoms with E-state index in [9.17, 15) is 0 Å². The van der Waals surface area contributed by atoms with Crippen molar-refractivity contribution >= 4 is 14.3 Å². The normalized spacial score (nSPS) is 11.8. The van der Waals surface area contributed by atoms with Gasteiger partial charge < -0.3 is 14.9 Å². The van der Waals surface area contributed by atoms with Crippen LogP contribution in [0.15, 0.2) is 59.7 Å². The van der Waals surface area contributed by atoms with Crippen molar-refractivity contribution in [2.75, 3.05) is 0 Å². The Morgan fingerprint density at radius 3 is 2.13 bits per heavy atom. The van der Waals surface area contributed by atoms with Gasteiger partial charge in [-0.25, -0.2) is 0 Å². The van der Waals surface area contributed by atoms with Gasteiger partial charge in [-0.05, 0) is 23.7 Å². The third-order valence-corrected chi connectivity index (χ3v) is 4.68. The first-order valence-electron chi connectivity index (χ1n) is 7.04. The summed E-state index contributed by atoms with van der Waals surface area (Å²) in [5, 5.41) is 0. The van der Waals surface area contributed by atoms with Gasteiger partial charge in [-0.3, -0.25) is 9.98 Å². The topological polar surface area (TPSA) is 25.2 Å². The van der Waals surface area contributed by atoms with E-state index < -0.39 is 8.07 Å². The monoisotopic (exact) mass is 368 g/mol. The summed E-state index contributed by atoms with van der Waals surface area (Å²) in [6.45, 7) is 7.16. The Kier molecular flexibility index (Phi) is 11.8. The maximum atomic E-state index is 4.80. The van der Waals surface area contributed by atoms with Crippen molar-refractivity contribution in [3.8, 4) is 0 Å². The Hall–Kier alpha value is -1.22. The summed E-state index contributed by atoms with van der Waals surface area (Å²) in [7, 11) is -1.18. The average molecular weight is 368 g/mol. The van der Waals surface area contributed by atoms with Crippen molar-refractivity contribution in [3.05, 3.63) is 80.8 Å². The summed E-state index contributed by atoms with van der Waals surface area (Å²) >= 11 is 0. The van der Waals surface area contributed by atoms with E-state index in [1.807, 2.05) is 24.4 Å². The summed E-state index contributed by atoms with van der Waals surface area (Å²) in [6, 6.07) is 17.9. The molecule has 1 heterocycles. The van der Waals surface area contributed by atoms with Crippen LogP contribution in [0.4, 0.5) is 0 Å². The van der Waals surface area contributed by atoms with E-state index in [0.717, 1.165) is 11.7 Å². The van der Waals surface area contributed by atoms with Crippen molar-refractivity contribution in [2.45, 2.75) is 31.7 Å². The van der Waals surface area contributed by atoms with E-state index >= 15 is 0 Å². The third-order valence-electron chi connectivity index (χ3n) is 3.06. The fraction of sp³-hybridized carbons (Fsp3) is 0.263. The van der Waals surface area contributed by atoms with Gasteiger partial charge in [0.2, 0.25) is 0 Å². The molecule has 4 heteroatoms. The zero-order valence-electron chi connectivity index (χ0n) is 14.8. The number of hydrogen-bond donors (Lipinski definition) is 0. The second kappa shape index (κ2) is 11.3. The number of rotatable bonds is 5. The van der Waals surface area contributed by atoms with Crippen LogP contribution >= 0.6 is 0 Å². The van der Waals surface area contributed by atoms with Gasteiger partial charge in [0.25, 0.3) is 0 Å². The molecule has 1 aromatic heterocycles. The number of pyridine rings is 1. The molecule has 0 aliphatic rings. The van der Waals surface area contributed by atoms with E-state index in [-0.39, 0.29) is 38.0 Å². The Bertz CT molecular complexity index is 551. The molecule has 2 aromatic rings. The fourth-order valence-electron chi connectivity index (χ4n) is 2.13. The molecule has 126 valence electrons. The van der Waals surface area contributed by atoms with Crippen molar-refractivity contribution in [3.63, 3.8) is 0 Å². The number of aliphatic imine (C=N–C) groups is 1. The van der Waals surface area contributed by atoms with Gasteiger partial charge in [-0.2, -0.15) is 0 Å². The fourth-order valence-corrected chi connectivity index (χ4v) is 3.63. The molecule has 0 saturated carbocycles. The maximum absolute atomic E-state index is 4.80. The van der Waals surface area contributed by atoms with Crippen LogP contribution in [-0.4, -0.2) is 19.3 Å². The standard InChI is InChI=1S/C17H22N2Si.2CH3.Fe/c1-20(2,3)14-17(15-9-5-4-6-10-15)19-13-16-11-7-8-12-18-16;;;/h4-13,17H,14H2,1-3H3;2*1H3;/q;2*-1;+2. The first kappa shape index (κ1) is 24.0. The SMILES string of the molecule is C[Si](C)(C)CC(N=Cc1ccccn1)c1ccccc1.[CH3-].[CH3-].[Fe+2]. The zero-order chi connectivity index (χ0) is 14.4. The smallest absolute Gasteiger partial charge is 0.358 e. The zero-order valence-corrected chi connectivity index (χ0v) is 16.9. The second-order valence-corrected chi connectivity index (χ2v) is 11.8. The minimum absolute atomic E-state index is 0. The minimum atomic E-state index is -1.18. The molecule has 0 bridgehead atoms. The van der Waals surface area contributed by atoms with Crippen molar-refractivity contribution < 1.29 is 17.1 Å². The third kappa shape index (κ3) is 8.85. The van der Waals surface area contributed by atoms with Crippen LogP contribution in [0.2, 0.25) is 25.7 Å². The molecule has 0 amide bonds. The van der Waals surface area contributed by atoms with Crippen LogP contribution in [0.1, 0.15) is 17.3 Å². The van der Waals surface area contributed by atoms with Gasteiger partial charge in [-0.1, -0.05) is 56.0 Å². The summed E-state index contributed by atoms with van der Waals surface area (Å²) in [5.41, 5.74) is 2.21. The van der Waals surface area contributed by atoms with Crippen molar-refractivity contribution in [1.29, 1.82) is 0 Å². The Balaban J connectivity index is 0. The molecule has 1 unspecified atom stereocenters. The molecule has 0 aliphatic carbocycles. The first-order chi connectivity index (χ1) is 9.54. The van der Waals surface area contributed by atoms with Gasteiger partial charge in [-0.15, -0.1) is 0 Å². The second-order valence-electron chi connectivity index (χ2n) is 6.22. The van der Waals surface area contributed by atoms with E-state index in [1.54, 1.807) is 6.20 Å². The van der Waals surface area contributed by atoms with Crippen LogP contribution in [0, 0.1) is 14.9 Å². The van der Waals surface area contributed by atoms with Gasteiger partial charge in [0.15, 0.2) is 0 Å². The minimum Gasteiger partial charge on any atom is -0.358 e. The largest absolute Gasteiger partial charge is 2.00 e. The maximum Gasteiger partial charge on any atom is 2.00 e. The van der Waals surface area contributed by atoms with Gasteiger partial charge in [0.1, 0.15) is 0 Å². The first-order valence-corrected chi connectivity index (χ1v) is 10.7. The Morgan fingerprint density at radius 2 is 1.61 bits per heavy atom. The summed E-state index contributed by atoms with van der Waals surface area (Å²) in [6.07, 6.45) is 3.70. The van der Waals surface area contributed by atoms with Crippen LogP contribution in [0.5, 0.6) is 0 Å². The Labute approximate surface area is 154 Å². The Morgan fingerprint density at radius 1 is 1.00 bits per heavy atom. The van der Waals surface area contributed by atoms with Crippen molar-refractivity contribution in [2.24, 2.45) is 4.99 Å². The molecule has 1 aromatic carbocycles. The molecule has 0 saturated heterocycles. The van der Waals surface area contributed by atoms with Crippen LogP contribution < -0.4 is 0 Å². The predicted octanol–water partition coefficient (Wildman–Crippen LogP) is 5.48. The molecule has 1 atom stereocenters. The van der Waals surface area contributed by atoms with Gasteiger partial charge >= 0.3 is 17.1 Å². The van der Waals surface area contributed by atoms with Crippen molar-refractivity contribution in [1.82, 2.24) is 4.98 Å². The molecule has 0 fully saturated rings. The quantitative estimate of drug-likeness (QED) is 0.390. The van der Waals surface area contributed by atoms with Crippen LogP contribution in [0.25, 0.3) is 0 Å².